The van der Waals surface area contributed by atoms with E-state index in [0.717, 1.165) is 45.1 Å². The van der Waals surface area contributed by atoms with E-state index in [4.69, 9.17) is 10.5 Å². The Bertz CT molecular complexity index is 392. The van der Waals surface area contributed by atoms with E-state index in [1.165, 1.54) is 18.5 Å². The van der Waals surface area contributed by atoms with E-state index in [0.29, 0.717) is 6.04 Å². The molecule has 2 aliphatic heterocycles. The highest BCUT2D eigenvalue weighted by Gasteiger charge is 2.25. The zero-order valence-electron chi connectivity index (χ0n) is 11.4. The standard InChI is InChI=1S/C15H23N3O/c16-13-3-5-14(6-4-13)17-7-9-18(10-8-17)15-2-1-11-19-12-15/h3-6,15H,1-2,7-12,16H2. The van der Waals surface area contributed by atoms with Gasteiger partial charge in [-0.2, -0.15) is 0 Å². The highest BCUT2D eigenvalue weighted by atomic mass is 16.5. The highest BCUT2D eigenvalue weighted by molar-refractivity contribution is 5.53. The fourth-order valence-electron chi connectivity index (χ4n) is 3.04. The lowest BCUT2D eigenvalue weighted by Crippen LogP contribution is -2.52. The molecule has 0 spiro atoms. The van der Waals surface area contributed by atoms with Crippen molar-refractivity contribution in [2.75, 3.05) is 50.0 Å². The van der Waals surface area contributed by atoms with Gasteiger partial charge in [0.2, 0.25) is 0 Å². The minimum absolute atomic E-state index is 0.641. The Morgan fingerprint density at radius 3 is 2.42 bits per heavy atom. The molecule has 0 aromatic heterocycles. The molecule has 104 valence electrons. The molecule has 1 atom stereocenters. The van der Waals surface area contributed by atoms with Crippen molar-refractivity contribution in [2.45, 2.75) is 18.9 Å². The molecule has 0 aliphatic carbocycles. The van der Waals surface area contributed by atoms with Gasteiger partial charge in [-0.1, -0.05) is 0 Å². The van der Waals surface area contributed by atoms with Crippen molar-refractivity contribution in [1.82, 2.24) is 4.90 Å². The van der Waals surface area contributed by atoms with E-state index in [2.05, 4.69) is 21.9 Å². The highest BCUT2D eigenvalue weighted by Crippen LogP contribution is 2.20. The topological polar surface area (TPSA) is 41.7 Å². The Hall–Kier alpha value is -1.26. The average Bonchev–Trinajstić information content (AvgIpc) is 2.49. The van der Waals surface area contributed by atoms with Crippen LogP contribution in [0.25, 0.3) is 0 Å². The quantitative estimate of drug-likeness (QED) is 0.821. The fraction of sp³-hybridized carbons (Fsp3) is 0.600. The van der Waals surface area contributed by atoms with Crippen LogP contribution in [-0.4, -0.2) is 50.3 Å². The molecule has 2 aliphatic rings. The predicted molar refractivity (Wildman–Crippen MR) is 78.5 cm³/mol. The number of hydrogen-bond acceptors (Lipinski definition) is 4. The summed E-state index contributed by atoms with van der Waals surface area (Å²) in [5.74, 6) is 0. The molecule has 1 unspecified atom stereocenters. The van der Waals surface area contributed by atoms with Gasteiger partial charge in [-0.3, -0.25) is 4.90 Å². The van der Waals surface area contributed by atoms with Crippen molar-refractivity contribution >= 4 is 11.4 Å². The van der Waals surface area contributed by atoms with Crippen LogP contribution in [0.3, 0.4) is 0 Å². The summed E-state index contributed by atoms with van der Waals surface area (Å²) in [5, 5.41) is 0. The van der Waals surface area contributed by atoms with Gasteiger partial charge in [0.1, 0.15) is 0 Å². The summed E-state index contributed by atoms with van der Waals surface area (Å²) in [6, 6.07) is 8.85. The van der Waals surface area contributed by atoms with E-state index in [-0.39, 0.29) is 0 Å². The first-order valence-corrected chi connectivity index (χ1v) is 7.25. The first kappa shape index (κ1) is 12.8. The normalized spacial score (nSPS) is 25.5. The van der Waals surface area contributed by atoms with Gasteiger partial charge in [0.15, 0.2) is 0 Å². The van der Waals surface area contributed by atoms with Gasteiger partial charge in [-0.05, 0) is 37.1 Å². The Balaban J connectivity index is 1.55. The Morgan fingerprint density at radius 2 is 1.79 bits per heavy atom. The number of rotatable bonds is 2. The molecule has 0 radical (unpaired) electrons. The van der Waals surface area contributed by atoms with Crippen LogP contribution in [0.4, 0.5) is 11.4 Å². The number of ether oxygens (including phenoxy) is 1. The maximum absolute atomic E-state index is 5.74. The third kappa shape index (κ3) is 3.01. The second-order valence-electron chi connectivity index (χ2n) is 5.49. The summed E-state index contributed by atoms with van der Waals surface area (Å²) in [4.78, 5) is 5.03. The lowest BCUT2D eigenvalue weighted by Gasteiger charge is -2.41. The van der Waals surface area contributed by atoms with Crippen molar-refractivity contribution in [3.8, 4) is 0 Å². The van der Waals surface area contributed by atoms with E-state index in [9.17, 15) is 0 Å². The largest absolute Gasteiger partial charge is 0.399 e. The molecule has 0 saturated carbocycles. The minimum atomic E-state index is 0.641. The van der Waals surface area contributed by atoms with Gasteiger partial charge < -0.3 is 15.4 Å². The molecule has 0 bridgehead atoms. The first-order chi connectivity index (χ1) is 9.33. The summed E-state index contributed by atoms with van der Waals surface area (Å²) in [6.07, 6.45) is 2.50. The summed E-state index contributed by atoms with van der Waals surface area (Å²) in [6.45, 7) is 6.33. The lowest BCUT2D eigenvalue weighted by atomic mass is 10.1. The van der Waals surface area contributed by atoms with Crippen LogP contribution in [0, 0.1) is 0 Å². The maximum atomic E-state index is 5.74. The SMILES string of the molecule is Nc1ccc(N2CCN(C3CCCOC3)CC2)cc1. The molecule has 2 heterocycles. The van der Waals surface area contributed by atoms with Crippen LogP contribution in [0.15, 0.2) is 24.3 Å². The van der Waals surface area contributed by atoms with E-state index < -0.39 is 0 Å². The molecule has 1 aromatic carbocycles. The van der Waals surface area contributed by atoms with E-state index in [1.54, 1.807) is 0 Å². The number of nitrogens with zero attached hydrogens (tertiary/aromatic N) is 2. The third-order valence-electron chi connectivity index (χ3n) is 4.23. The Labute approximate surface area is 115 Å². The second kappa shape index (κ2) is 5.80. The summed E-state index contributed by atoms with van der Waals surface area (Å²) in [7, 11) is 0. The van der Waals surface area contributed by atoms with Crippen molar-refractivity contribution in [2.24, 2.45) is 0 Å². The minimum Gasteiger partial charge on any atom is -0.399 e. The number of nitrogen functional groups attached to an aromatic ring is 1. The summed E-state index contributed by atoms with van der Waals surface area (Å²) < 4.78 is 5.59. The average molecular weight is 261 g/mol. The zero-order valence-corrected chi connectivity index (χ0v) is 11.4. The van der Waals surface area contributed by atoms with Crippen LogP contribution >= 0.6 is 0 Å². The van der Waals surface area contributed by atoms with Crippen LogP contribution in [0.2, 0.25) is 0 Å². The zero-order chi connectivity index (χ0) is 13.1. The third-order valence-corrected chi connectivity index (χ3v) is 4.23. The molecule has 2 fully saturated rings. The Kier molecular flexibility index (Phi) is 3.89. The summed E-state index contributed by atoms with van der Waals surface area (Å²) in [5.41, 5.74) is 7.86. The van der Waals surface area contributed by atoms with Gasteiger partial charge in [-0.25, -0.2) is 0 Å². The molecule has 4 nitrogen and oxygen atoms in total. The number of hydrogen-bond donors (Lipinski definition) is 1. The number of anilines is 2. The molecule has 2 N–H and O–H groups in total. The number of piperazine rings is 1. The van der Waals surface area contributed by atoms with Gasteiger partial charge in [-0.15, -0.1) is 0 Å². The predicted octanol–water partition coefficient (Wildman–Crippen LogP) is 1.57. The van der Waals surface area contributed by atoms with Crippen LogP contribution < -0.4 is 10.6 Å². The van der Waals surface area contributed by atoms with Gasteiger partial charge in [0.05, 0.1) is 6.61 Å². The molecule has 1 aromatic rings. The number of nitrogens with two attached hydrogens (primary N) is 1. The van der Waals surface area contributed by atoms with Crippen molar-refractivity contribution < 1.29 is 4.74 Å². The Morgan fingerprint density at radius 1 is 1.05 bits per heavy atom. The molecule has 0 amide bonds. The van der Waals surface area contributed by atoms with Crippen LogP contribution in [0.5, 0.6) is 0 Å². The molecular formula is C15H23N3O. The van der Waals surface area contributed by atoms with Crippen molar-refractivity contribution in [1.29, 1.82) is 0 Å². The van der Waals surface area contributed by atoms with Gasteiger partial charge in [0.25, 0.3) is 0 Å². The molecule has 2 saturated heterocycles. The first-order valence-electron chi connectivity index (χ1n) is 7.25. The maximum Gasteiger partial charge on any atom is 0.0621 e. The van der Waals surface area contributed by atoms with Gasteiger partial charge >= 0.3 is 0 Å². The second-order valence-corrected chi connectivity index (χ2v) is 5.49. The number of benzene rings is 1. The van der Waals surface area contributed by atoms with E-state index in [1.807, 2.05) is 12.1 Å². The smallest absolute Gasteiger partial charge is 0.0621 e. The van der Waals surface area contributed by atoms with Crippen LogP contribution in [-0.2, 0) is 4.74 Å². The molecule has 3 rings (SSSR count). The van der Waals surface area contributed by atoms with Crippen LogP contribution in [0.1, 0.15) is 12.8 Å². The lowest BCUT2D eigenvalue weighted by molar-refractivity contribution is 0.0159. The van der Waals surface area contributed by atoms with Gasteiger partial charge in [0, 0.05) is 50.2 Å². The van der Waals surface area contributed by atoms with E-state index >= 15 is 0 Å². The molecule has 4 heteroatoms. The fourth-order valence-corrected chi connectivity index (χ4v) is 3.04. The summed E-state index contributed by atoms with van der Waals surface area (Å²) >= 11 is 0. The molecule has 19 heavy (non-hydrogen) atoms. The van der Waals surface area contributed by atoms with Crippen molar-refractivity contribution in [3.05, 3.63) is 24.3 Å². The molecular weight excluding hydrogens is 238 g/mol. The monoisotopic (exact) mass is 261 g/mol. The van der Waals surface area contributed by atoms with Crippen molar-refractivity contribution in [3.63, 3.8) is 0 Å².